The van der Waals surface area contributed by atoms with E-state index in [2.05, 4.69) is 25.6 Å². The molecule has 0 spiro atoms. The number of fused-ring (bicyclic) bond motifs is 1. The summed E-state index contributed by atoms with van der Waals surface area (Å²) in [4.78, 5) is 27.3. The van der Waals surface area contributed by atoms with Crippen molar-refractivity contribution in [1.29, 1.82) is 5.41 Å². The van der Waals surface area contributed by atoms with Crippen molar-refractivity contribution in [3.8, 4) is 11.5 Å². The van der Waals surface area contributed by atoms with E-state index in [0.29, 0.717) is 22.5 Å². The summed E-state index contributed by atoms with van der Waals surface area (Å²) < 4.78 is 25.8. The van der Waals surface area contributed by atoms with E-state index in [9.17, 15) is 4.79 Å². The third-order valence-corrected chi connectivity index (χ3v) is 4.90. The lowest BCUT2D eigenvalue weighted by atomic mass is 10.2. The van der Waals surface area contributed by atoms with Crippen LogP contribution in [0.25, 0.3) is 16.7 Å². The molecule has 35 heavy (non-hydrogen) atoms. The molecule has 12 heteroatoms. The molecule has 0 saturated carbocycles. The number of carbonyl (C=O) groups excluding carboxylic acids is 1. The van der Waals surface area contributed by atoms with Crippen molar-refractivity contribution in [2.45, 2.75) is 0 Å². The number of nitrogens with zero attached hydrogens (tertiary/aromatic N) is 4. The summed E-state index contributed by atoms with van der Waals surface area (Å²) in [5, 5.41) is 22.0. The number of hydrogen-bond donors (Lipinski definition) is 4. The Bertz CT molecular complexity index is 1250. The second kappa shape index (κ2) is 11.7. The Labute approximate surface area is 201 Å². The van der Waals surface area contributed by atoms with Crippen LogP contribution in [-0.2, 0) is 4.79 Å². The van der Waals surface area contributed by atoms with E-state index in [1.54, 1.807) is 25.4 Å². The van der Waals surface area contributed by atoms with Gasteiger partial charge in [-0.2, -0.15) is 0 Å². The Morgan fingerprint density at radius 1 is 1.26 bits per heavy atom. The number of aromatic nitrogens is 3. The van der Waals surface area contributed by atoms with Gasteiger partial charge < -0.3 is 35.5 Å². The van der Waals surface area contributed by atoms with Crippen LogP contribution in [0.2, 0.25) is 0 Å². The van der Waals surface area contributed by atoms with E-state index >= 15 is 4.39 Å². The second-order valence-electron chi connectivity index (χ2n) is 7.12. The molecule has 3 rings (SSSR count). The highest BCUT2D eigenvalue weighted by Crippen LogP contribution is 2.36. The van der Waals surface area contributed by atoms with Crippen molar-refractivity contribution < 1.29 is 23.8 Å². The van der Waals surface area contributed by atoms with Crippen LogP contribution in [0.4, 0.5) is 15.9 Å². The molecule has 1 amide bonds. The van der Waals surface area contributed by atoms with Crippen molar-refractivity contribution in [2.75, 3.05) is 45.9 Å². The van der Waals surface area contributed by atoms with Crippen LogP contribution in [0.3, 0.4) is 0 Å². The summed E-state index contributed by atoms with van der Waals surface area (Å²) in [5.74, 6) is -0.727. The normalized spacial score (nSPS) is 11.2. The van der Waals surface area contributed by atoms with Gasteiger partial charge in [0.2, 0.25) is 5.91 Å². The number of allylic oxidation sites excluding steroid dienone is 1. The Kier molecular flexibility index (Phi) is 8.46. The van der Waals surface area contributed by atoms with Gasteiger partial charge in [0.1, 0.15) is 23.6 Å². The molecule has 4 N–H and O–H groups in total. The number of hydrogen-bond acceptors (Lipinski definition) is 10. The number of rotatable bonds is 11. The van der Waals surface area contributed by atoms with Crippen molar-refractivity contribution >= 4 is 40.4 Å². The van der Waals surface area contributed by atoms with Crippen LogP contribution in [0, 0.1) is 11.2 Å². The third-order valence-electron chi connectivity index (χ3n) is 4.90. The standard InChI is InChI=1S/C23H26FN7O4/c1-26-11-14(10-25)17-12-28-16-4-5-20(30-23(16)29-17)31(13-21(33)27-6-7-32)18-8-15(34-2)9-19(35-3)22(18)24/h4-5,8-12,25-26,32H,6-7,13H2,1-3H3,(H,27,33)/b14-11+,25-10?. The van der Waals surface area contributed by atoms with Crippen molar-refractivity contribution in [3.63, 3.8) is 0 Å². The molecule has 0 unspecified atom stereocenters. The predicted molar refractivity (Wildman–Crippen MR) is 130 cm³/mol. The van der Waals surface area contributed by atoms with Gasteiger partial charge in [-0.25, -0.2) is 14.4 Å². The maximum atomic E-state index is 15.4. The summed E-state index contributed by atoms with van der Waals surface area (Å²) in [5.41, 5.74) is 1.59. The average Bonchev–Trinajstić information content (AvgIpc) is 2.88. The van der Waals surface area contributed by atoms with Crippen LogP contribution in [0.5, 0.6) is 11.5 Å². The lowest BCUT2D eigenvalue weighted by molar-refractivity contribution is -0.119. The number of nitrogens with one attached hydrogen (secondary N) is 3. The first-order valence-electron chi connectivity index (χ1n) is 10.5. The maximum absolute atomic E-state index is 15.4. The van der Waals surface area contributed by atoms with Crippen molar-refractivity contribution in [1.82, 2.24) is 25.6 Å². The monoisotopic (exact) mass is 483 g/mol. The van der Waals surface area contributed by atoms with Crippen LogP contribution in [0.15, 0.2) is 36.7 Å². The van der Waals surface area contributed by atoms with Crippen LogP contribution in [0.1, 0.15) is 5.69 Å². The number of carbonyl (C=O) groups is 1. The van der Waals surface area contributed by atoms with Crippen molar-refractivity contribution in [2.24, 2.45) is 0 Å². The van der Waals surface area contributed by atoms with Gasteiger partial charge in [-0.15, -0.1) is 0 Å². The summed E-state index contributed by atoms with van der Waals surface area (Å²) in [6.07, 6.45) is 4.25. The number of pyridine rings is 1. The molecular formula is C23H26FN7O4. The molecule has 2 aromatic heterocycles. The minimum Gasteiger partial charge on any atom is -0.497 e. The zero-order valence-corrected chi connectivity index (χ0v) is 19.5. The number of methoxy groups -OCH3 is 2. The van der Waals surface area contributed by atoms with Gasteiger partial charge in [-0.3, -0.25) is 9.78 Å². The second-order valence-corrected chi connectivity index (χ2v) is 7.12. The molecule has 2 heterocycles. The van der Waals surface area contributed by atoms with Crippen LogP contribution >= 0.6 is 0 Å². The van der Waals surface area contributed by atoms with E-state index in [0.717, 1.165) is 6.21 Å². The first kappa shape index (κ1) is 25.3. The molecular weight excluding hydrogens is 457 g/mol. The largest absolute Gasteiger partial charge is 0.497 e. The fourth-order valence-corrected chi connectivity index (χ4v) is 3.23. The van der Waals surface area contributed by atoms with E-state index in [1.165, 1.54) is 37.4 Å². The Balaban J connectivity index is 2.16. The van der Waals surface area contributed by atoms with E-state index in [4.69, 9.17) is 20.0 Å². The molecule has 0 fully saturated rings. The number of ether oxygens (including phenoxy) is 2. The van der Waals surface area contributed by atoms with Gasteiger partial charge in [0.15, 0.2) is 17.2 Å². The molecule has 0 atom stereocenters. The lowest BCUT2D eigenvalue weighted by Crippen LogP contribution is -2.37. The summed E-state index contributed by atoms with van der Waals surface area (Å²) in [7, 11) is 4.45. The minimum atomic E-state index is -0.715. The first-order valence-corrected chi connectivity index (χ1v) is 10.5. The number of aliphatic hydroxyl groups excluding tert-OH is 1. The Hall–Kier alpha value is -4.32. The lowest BCUT2D eigenvalue weighted by Gasteiger charge is -2.25. The van der Waals surface area contributed by atoms with Gasteiger partial charge in [0, 0.05) is 43.7 Å². The van der Waals surface area contributed by atoms with Crippen molar-refractivity contribution in [3.05, 3.63) is 48.2 Å². The fraction of sp³-hybridized carbons (Fsp3) is 0.261. The molecule has 3 aromatic rings. The fourth-order valence-electron chi connectivity index (χ4n) is 3.23. The zero-order valence-electron chi connectivity index (χ0n) is 19.5. The summed E-state index contributed by atoms with van der Waals surface area (Å²) in [6.45, 7) is -0.514. The SMILES string of the molecule is CN/C=C(\C=N)c1cnc2ccc(N(CC(=O)NCCO)c3cc(OC)cc(OC)c3F)nc2n1. The van der Waals surface area contributed by atoms with Gasteiger partial charge in [0.25, 0.3) is 0 Å². The summed E-state index contributed by atoms with van der Waals surface area (Å²) in [6, 6.07) is 6.05. The van der Waals surface area contributed by atoms with Gasteiger partial charge in [-0.1, -0.05) is 0 Å². The molecule has 184 valence electrons. The number of amides is 1. The zero-order chi connectivity index (χ0) is 25.4. The highest BCUT2D eigenvalue weighted by Gasteiger charge is 2.23. The highest BCUT2D eigenvalue weighted by molar-refractivity contribution is 6.07. The quantitative estimate of drug-likeness (QED) is 0.299. The Morgan fingerprint density at radius 2 is 2.06 bits per heavy atom. The molecule has 0 aliphatic carbocycles. The maximum Gasteiger partial charge on any atom is 0.240 e. The number of aliphatic hydroxyl groups is 1. The minimum absolute atomic E-state index is 0.00780. The van der Waals surface area contributed by atoms with E-state index < -0.39 is 11.7 Å². The smallest absolute Gasteiger partial charge is 0.240 e. The molecule has 0 aliphatic rings. The number of anilines is 2. The van der Waals surface area contributed by atoms with Gasteiger partial charge in [0.05, 0.1) is 38.4 Å². The molecule has 1 aromatic carbocycles. The van der Waals surface area contributed by atoms with E-state index in [-0.39, 0.29) is 42.6 Å². The topological polar surface area (TPSA) is 146 Å². The number of halogens is 1. The predicted octanol–water partition coefficient (Wildman–Crippen LogP) is 1.64. The van der Waals surface area contributed by atoms with E-state index in [1.807, 2.05) is 0 Å². The molecule has 0 bridgehead atoms. The van der Waals surface area contributed by atoms with Crippen LogP contribution in [-0.4, -0.2) is 73.1 Å². The molecule has 0 aliphatic heterocycles. The molecule has 11 nitrogen and oxygen atoms in total. The van der Waals surface area contributed by atoms with Crippen LogP contribution < -0.4 is 25.0 Å². The van der Waals surface area contributed by atoms with Gasteiger partial charge in [-0.05, 0) is 12.1 Å². The number of benzene rings is 1. The highest BCUT2D eigenvalue weighted by atomic mass is 19.1. The molecule has 0 saturated heterocycles. The molecule has 0 radical (unpaired) electrons. The Morgan fingerprint density at radius 3 is 2.71 bits per heavy atom. The first-order chi connectivity index (χ1) is 16.9. The van der Waals surface area contributed by atoms with Gasteiger partial charge >= 0.3 is 0 Å². The summed E-state index contributed by atoms with van der Waals surface area (Å²) >= 11 is 0. The average molecular weight is 484 g/mol. The third kappa shape index (κ3) is 5.79.